The molecule has 0 spiro atoms. The Hall–Kier alpha value is -3.46. The van der Waals surface area contributed by atoms with Gasteiger partial charge < -0.3 is 9.47 Å². The minimum atomic E-state index is -3.60. The van der Waals surface area contributed by atoms with Crippen molar-refractivity contribution < 1.29 is 22.7 Å². The molecule has 0 atom stereocenters. The normalized spacial score (nSPS) is 13.4. The molecule has 8 nitrogen and oxygen atoms in total. The highest BCUT2D eigenvalue weighted by molar-refractivity contribution is 7.89. The van der Waals surface area contributed by atoms with Crippen molar-refractivity contribution in [1.29, 1.82) is 0 Å². The van der Waals surface area contributed by atoms with Gasteiger partial charge in [-0.05, 0) is 48.6 Å². The standard InChI is InChI=1S/C23H23N3O5S/c1-32(28,29)26-23(27)18-9-7-17(8-10-18)14-30-20-4-2-3-19(11-20)21-12-25-22(13-24-21)31-15-16-5-6-16/h2-4,7-13,16H,5-6,14-15H2,1H3,(H,26,27). The molecule has 1 fully saturated rings. The number of nitrogens with one attached hydrogen (secondary N) is 1. The molecule has 1 aliphatic rings. The number of benzene rings is 2. The summed E-state index contributed by atoms with van der Waals surface area (Å²) in [5.74, 6) is 1.18. The summed E-state index contributed by atoms with van der Waals surface area (Å²) < 4.78 is 35.8. The van der Waals surface area contributed by atoms with Gasteiger partial charge in [-0.15, -0.1) is 0 Å². The van der Waals surface area contributed by atoms with E-state index in [-0.39, 0.29) is 12.2 Å². The van der Waals surface area contributed by atoms with Crippen LogP contribution in [0.1, 0.15) is 28.8 Å². The van der Waals surface area contributed by atoms with Crippen LogP contribution in [0.2, 0.25) is 0 Å². The predicted octanol–water partition coefficient (Wildman–Crippen LogP) is 3.20. The van der Waals surface area contributed by atoms with Gasteiger partial charge in [0.2, 0.25) is 15.9 Å². The number of rotatable bonds is 9. The SMILES string of the molecule is CS(=O)(=O)NC(=O)c1ccc(COc2cccc(-c3cnc(OCC4CC4)cn3)c2)cc1. The van der Waals surface area contributed by atoms with Gasteiger partial charge in [0.15, 0.2) is 0 Å². The number of nitrogens with zero attached hydrogens (tertiary/aromatic N) is 2. The molecule has 1 aromatic heterocycles. The van der Waals surface area contributed by atoms with Crippen LogP contribution in [-0.2, 0) is 16.6 Å². The van der Waals surface area contributed by atoms with Gasteiger partial charge in [-0.25, -0.2) is 23.1 Å². The Bertz CT molecular complexity index is 1190. The third-order valence-corrected chi connectivity index (χ3v) is 5.38. The van der Waals surface area contributed by atoms with Crippen LogP contribution in [0.3, 0.4) is 0 Å². The molecule has 1 heterocycles. The van der Waals surface area contributed by atoms with Crippen LogP contribution in [0.15, 0.2) is 60.9 Å². The number of hydrogen-bond donors (Lipinski definition) is 1. The lowest BCUT2D eigenvalue weighted by Crippen LogP contribution is -2.29. The van der Waals surface area contributed by atoms with Crippen LogP contribution in [0.25, 0.3) is 11.3 Å². The molecule has 166 valence electrons. The average molecular weight is 454 g/mol. The lowest BCUT2D eigenvalue weighted by atomic mass is 10.1. The van der Waals surface area contributed by atoms with E-state index in [4.69, 9.17) is 9.47 Å². The van der Waals surface area contributed by atoms with Gasteiger partial charge >= 0.3 is 0 Å². The molecule has 9 heteroatoms. The maximum Gasteiger partial charge on any atom is 0.264 e. The molecule has 0 aliphatic heterocycles. The molecule has 32 heavy (non-hydrogen) atoms. The van der Waals surface area contributed by atoms with E-state index in [0.29, 0.717) is 24.2 Å². The second kappa shape index (κ2) is 9.35. The molecule has 0 radical (unpaired) electrons. The van der Waals surface area contributed by atoms with E-state index in [1.807, 2.05) is 29.0 Å². The van der Waals surface area contributed by atoms with E-state index in [1.165, 1.54) is 12.8 Å². The van der Waals surface area contributed by atoms with Crippen LogP contribution in [0.5, 0.6) is 11.6 Å². The molecular formula is C23H23N3O5S. The summed E-state index contributed by atoms with van der Waals surface area (Å²) in [6.45, 7) is 0.984. The molecule has 4 rings (SSSR count). The quantitative estimate of drug-likeness (QED) is 0.530. The number of carbonyl (C=O) groups excluding carboxylic acids is 1. The fourth-order valence-corrected chi connectivity index (χ4v) is 3.37. The van der Waals surface area contributed by atoms with E-state index in [2.05, 4.69) is 9.97 Å². The van der Waals surface area contributed by atoms with E-state index in [9.17, 15) is 13.2 Å². The molecule has 0 unspecified atom stereocenters. The van der Waals surface area contributed by atoms with Gasteiger partial charge in [-0.3, -0.25) is 4.79 Å². The molecule has 0 saturated heterocycles. The molecule has 2 aromatic carbocycles. The second-order valence-corrected chi connectivity index (χ2v) is 9.46. The minimum absolute atomic E-state index is 0.254. The van der Waals surface area contributed by atoms with Crippen molar-refractivity contribution in [2.75, 3.05) is 12.9 Å². The maximum atomic E-state index is 11.9. The fourth-order valence-electron chi connectivity index (χ4n) is 2.92. The lowest BCUT2D eigenvalue weighted by Gasteiger charge is -2.09. The summed E-state index contributed by atoms with van der Waals surface area (Å²) in [4.78, 5) is 20.6. The summed E-state index contributed by atoms with van der Waals surface area (Å²) in [5.41, 5.74) is 2.68. The monoisotopic (exact) mass is 453 g/mol. The minimum Gasteiger partial charge on any atom is -0.489 e. The largest absolute Gasteiger partial charge is 0.489 e. The summed E-state index contributed by atoms with van der Waals surface area (Å²) in [6.07, 6.45) is 6.69. The van der Waals surface area contributed by atoms with Crippen molar-refractivity contribution in [1.82, 2.24) is 14.7 Å². The molecular weight excluding hydrogens is 430 g/mol. The summed E-state index contributed by atoms with van der Waals surface area (Å²) in [5, 5.41) is 0. The van der Waals surface area contributed by atoms with Gasteiger partial charge in [-0.1, -0.05) is 24.3 Å². The third-order valence-electron chi connectivity index (χ3n) is 4.82. The zero-order chi connectivity index (χ0) is 22.6. The van der Waals surface area contributed by atoms with E-state index in [0.717, 1.165) is 23.1 Å². The zero-order valence-electron chi connectivity index (χ0n) is 17.5. The molecule has 1 amide bonds. The van der Waals surface area contributed by atoms with E-state index >= 15 is 0 Å². The highest BCUT2D eigenvalue weighted by Gasteiger charge is 2.22. The Kier molecular flexibility index (Phi) is 6.36. The number of ether oxygens (including phenoxy) is 2. The van der Waals surface area contributed by atoms with Crippen molar-refractivity contribution in [3.8, 4) is 22.9 Å². The Labute approximate surface area is 186 Å². The number of sulfonamides is 1. The van der Waals surface area contributed by atoms with Crippen LogP contribution >= 0.6 is 0 Å². The van der Waals surface area contributed by atoms with Crippen molar-refractivity contribution in [2.24, 2.45) is 5.92 Å². The smallest absolute Gasteiger partial charge is 0.264 e. The van der Waals surface area contributed by atoms with Crippen LogP contribution in [0, 0.1) is 5.92 Å². The maximum absolute atomic E-state index is 11.9. The Morgan fingerprint density at radius 3 is 2.50 bits per heavy atom. The average Bonchev–Trinajstić information content (AvgIpc) is 3.61. The lowest BCUT2D eigenvalue weighted by molar-refractivity contribution is 0.0981. The van der Waals surface area contributed by atoms with Gasteiger partial charge in [0.25, 0.3) is 5.91 Å². The summed E-state index contributed by atoms with van der Waals surface area (Å²) in [7, 11) is -3.60. The Morgan fingerprint density at radius 2 is 1.84 bits per heavy atom. The summed E-state index contributed by atoms with van der Waals surface area (Å²) in [6, 6.07) is 14.1. The van der Waals surface area contributed by atoms with Crippen molar-refractivity contribution in [3.05, 3.63) is 72.1 Å². The van der Waals surface area contributed by atoms with Gasteiger partial charge in [0.1, 0.15) is 12.4 Å². The molecule has 3 aromatic rings. The first-order chi connectivity index (χ1) is 15.4. The first-order valence-corrected chi connectivity index (χ1v) is 12.0. The van der Waals surface area contributed by atoms with Crippen molar-refractivity contribution in [3.63, 3.8) is 0 Å². The van der Waals surface area contributed by atoms with E-state index in [1.54, 1.807) is 36.7 Å². The first-order valence-electron chi connectivity index (χ1n) is 10.1. The topological polar surface area (TPSA) is 107 Å². The highest BCUT2D eigenvalue weighted by atomic mass is 32.2. The van der Waals surface area contributed by atoms with Gasteiger partial charge in [0, 0.05) is 11.1 Å². The van der Waals surface area contributed by atoms with Crippen molar-refractivity contribution >= 4 is 15.9 Å². The predicted molar refractivity (Wildman–Crippen MR) is 119 cm³/mol. The summed E-state index contributed by atoms with van der Waals surface area (Å²) >= 11 is 0. The second-order valence-electron chi connectivity index (χ2n) is 7.71. The number of carbonyl (C=O) groups is 1. The Morgan fingerprint density at radius 1 is 1.06 bits per heavy atom. The molecule has 1 saturated carbocycles. The fraction of sp³-hybridized carbons (Fsp3) is 0.261. The molecule has 1 N–H and O–H groups in total. The van der Waals surface area contributed by atoms with E-state index < -0.39 is 15.9 Å². The first kappa shape index (κ1) is 21.8. The molecule has 0 bridgehead atoms. The van der Waals surface area contributed by atoms with Crippen LogP contribution in [-0.4, -0.2) is 37.2 Å². The number of hydrogen-bond acceptors (Lipinski definition) is 7. The third kappa shape index (κ3) is 6.27. The van der Waals surface area contributed by atoms with Gasteiger partial charge in [-0.2, -0.15) is 0 Å². The number of amides is 1. The number of aromatic nitrogens is 2. The van der Waals surface area contributed by atoms with Crippen LogP contribution in [0.4, 0.5) is 0 Å². The molecule has 1 aliphatic carbocycles. The highest BCUT2D eigenvalue weighted by Crippen LogP contribution is 2.29. The van der Waals surface area contributed by atoms with Crippen molar-refractivity contribution in [2.45, 2.75) is 19.4 Å². The Balaban J connectivity index is 1.35. The zero-order valence-corrected chi connectivity index (χ0v) is 18.3. The van der Waals surface area contributed by atoms with Gasteiger partial charge in [0.05, 0.1) is 31.0 Å². The van der Waals surface area contributed by atoms with Crippen LogP contribution < -0.4 is 14.2 Å².